The monoisotopic (exact) mass is 431 g/mol. The van der Waals surface area contributed by atoms with E-state index in [1.807, 2.05) is 43.3 Å². The number of pyridine rings is 1. The van der Waals surface area contributed by atoms with Crippen LogP contribution >= 0.6 is 0 Å². The maximum absolute atomic E-state index is 12.9. The number of anilines is 1. The van der Waals surface area contributed by atoms with E-state index in [9.17, 15) is 9.59 Å². The number of imidazole rings is 1. The van der Waals surface area contributed by atoms with Gasteiger partial charge in [-0.15, -0.1) is 0 Å². The van der Waals surface area contributed by atoms with Gasteiger partial charge in [0, 0.05) is 37.4 Å². The predicted octanol–water partition coefficient (Wildman–Crippen LogP) is 2.37. The second-order valence-electron chi connectivity index (χ2n) is 8.02. The number of hydrogen-bond acceptors (Lipinski definition) is 6. The number of H-pyrrole nitrogens is 1. The largest absolute Gasteiger partial charge is 0.366 e. The van der Waals surface area contributed by atoms with E-state index in [0.29, 0.717) is 36.6 Å². The zero-order valence-electron chi connectivity index (χ0n) is 17.8. The molecule has 0 spiro atoms. The Hall–Kier alpha value is -3.72. The van der Waals surface area contributed by atoms with Crippen LogP contribution in [0.25, 0.3) is 22.6 Å². The SMILES string of the molecule is CCn1c(=O)n(C2CC2)c(=O)c2[nH]c(-c3ccc(NCc4ccc(CN)cc4)nc3)nc21. The third-order valence-corrected chi connectivity index (χ3v) is 5.81. The number of fused-ring (bicyclic) bond motifs is 1. The molecule has 1 aliphatic carbocycles. The van der Waals surface area contributed by atoms with E-state index in [2.05, 4.69) is 20.3 Å². The number of aromatic nitrogens is 5. The first kappa shape index (κ1) is 20.2. The summed E-state index contributed by atoms with van der Waals surface area (Å²) in [5, 5.41) is 3.29. The molecule has 3 heterocycles. The summed E-state index contributed by atoms with van der Waals surface area (Å²) in [6, 6.07) is 11.9. The van der Waals surface area contributed by atoms with Crippen LogP contribution in [0.15, 0.2) is 52.2 Å². The molecule has 1 aliphatic rings. The van der Waals surface area contributed by atoms with Gasteiger partial charge >= 0.3 is 5.69 Å². The molecule has 9 heteroatoms. The summed E-state index contributed by atoms with van der Waals surface area (Å²) >= 11 is 0. The van der Waals surface area contributed by atoms with Crippen molar-refractivity contribution < 1.29 is 0 Å². The van der Waals surface area contributed by atoms with Crippen LogP contribution in [0.5, 0.6) is 0 Å². The molecule has 3 aromatic heterocycles. The molecule has 9 nitrogen and oxygen atoms in total. The number of benzene rings is 1. The number of aromatic amines is 1. The Bertz CT molecular complexity index is 1380. The zero-order valence-corrected chi connectivity index (χ0v) is 17.8. The van der Waals surface area contributed by atoms with Gasteiger partial charge in [-0.2, -0.15) is 0 Å². The molecular formula is C23H25N7O2. The molecule has 0 radical (unpaired) electrons. The molecule has 164 valence electrons. The Morgan fingerprint density at radius 2 is 1.88 bits per heavy atom. The van der Waals surface area contributed by atoms with Gasteiger partial charge in [0.05, 0.1) is 0 Å². The van der Waals surface area contributed by atoms with Gasteiger partial charge in [-0.25, -0.2) is 14.8 Å². The van der Waals surface area contributed by atoms with Crippen molar-refractivity contribution in [1.82, 2.24) is 24.1 Å². The minimum Gasteiger partial charge on any atom is -0.366 e. The quantitative estimate of drug-likeness (QED) is 0.413. The van der Waals surface area contributed by atoms with Crippen molar-refractivity contribution >= 4 is 17.0 Å². The van der Waals surface area contributed by atoms with E-state index in [4.69, 9.17) is 5.73 Å². The summed E-state index contributed by atoms with van der Waals surface area (Å²) in [6.45, 7) is 3.50. The summed E-state index contributed by atoms with van der Waals surface area (Å²) in [5.74, 6) is 1.25. The molecular weight excluding hydrogens is 406 g/mol. The normalized spacial score (nSPS) is 13.6. The molecule has 4 N–H and O–H groups in total. The number of rotatable bonds is 7. The van der Waals surface area contributed by atoms with Crippen LogP contribution in [-0.2, 0) is 19.6 Å². The van der Waals surface area contributed by atoms with Crippen molar-refractivity contribution in [3.63, 3.8) is 0 Å². The lowest BCUT2D eigenvalue weighted by molar-refractivity contribution is 0.595. The number of aryl methyl sites for hydroxylation is 1. The highest BCUT2D eigenvalue weighted by atomic mass is 16.2. The molecule has 32 heavy (non-hydrogen) atoms. The second-order valence-corrected chi connectivity index (χ2v) is 8.02. The van der Waals surface area contributed by atoms with Crippen molar-refractivity contribution in [2.24, 2.45) is 5.73 Å². The lowest BCUT2D eigenvalue weighted by Gasteiger charge is -2.07. The number of nitrogens with two attached hydrogens (primary N) is 1. The minimum atomic E-state index is -0.303. The minimum absolute atomic E-state index is 0.00230. The number of nitrogens with one attached hydrogen (secondary N) is 2. The summed E-state index contributed by atoms with van der Waals surface area (Å²) in [5.41, 5.74) is 8.76. The molecule has 0 bridgehead atoms. The highest BCUT2D eigenvalue weighted by molar-refractivity contribution is 5.75. The topological polar surface area (TPSA) is 124 Å². The molecule has 1 aromatic carbocycles. The van der Waals surface area contributed by atoms with Crippen molar-refractivity contribution in [3.05, 3.63) is 74.6 Å². The summed E-state index contributed by atoms with van der Waals surface area (Å²) < 4.78 is 2.91. The van der Waals surface area contributed by atoms with E-state index in [1.165, 1.54) is 4.57 Å². The Morgan fingerprint density at radius 3 is 2.50 bits per heavy atom. The van der Waals surface area contributed by atoms with Crippen LogP contribution in [0.1, 0.15) is 36.9 Å². The fourth-order valence-corrected chi connectivity index (χ4v) is 3.84. The molecule has 1 fully saturated rings. The van der Waals surface area contributed by atoms with E-state index < -0.39 is 0 Å². The van der Waals surface area contributed by atoms with E-state index in [0.717, 1.165) is 35.3 Å². The summed E-state index contributed by atoms with van der Waals surface area (Å²) in [6.07, 6.45) is 3.42. The first-order chi connectivity index (χ1) is 15.6. The highest BCUT2D eigenvalue weighted by Gasteiger charge is 2.29. The Balaban J connectivity index is 1.41. The average Bonchev–Trinajstić information content (AvgIpc) is 3.56. The Labute approximate surface area is 183 Å². The zero-order chi connectivity index (χ0) is 22.2. The standard InChI is InChI=1S/C23H25N7O2/c1-2-29-21-19(22(31)30(23(29)32)17-8-9-17)27-20(28-21)16-7-10-18(26-13-16)25-12-15-5-3-14(11-24)4-6-15/h3-7,10,13,17H,2,8-9,11-12,24H2,1H3,(H,25,26)(H,27,28). The molecule has 0 amide bonds. The van der Waals surface area contributed by atoms with Crippen LogP contribution in [0, 0.1) is 0 Å². The van der Waals surface area contributed by atoms with Gasteiger partial charge in [-0.1, -0.05) is 24.3 Å². The van der Waals surface area contributed by atoms with Gasteiger partial charge in [0.2, 0.25) is 0 Å². The van der Waals surface area contributed by atoms with Crippen LogP contribution in [0.3, 0.4) is 0 Å². The van der Waals surface area contributed by atoms with Crippen LogP contribution in [0.4, 0.5) is 5.82 Å². The van der Waals surface area contributed by atoms with Gasteiger partial charge in [0.15, 0.2) is 5.65 Å². The van der Waals surface area contributed by atoms with Crippen LogP contribution in [0.2, 0.25) is 0 Å². The molecule has 0 atom stereocenters. The fourth-order valence-electron chi connectivity index (χ4n) is 3.84. The molecule has 1 saturated carbocycles. The van der Waals surface area contributed by atoms with Crippen LogP contribution < -0.4 is 22.3 Å². The fraction of sp³-hybridized carbons (Fsp3) is 0.304. The number of hydrogen-bond donors (Lipinski definition) is 3. The average molecular weight is 432 g/mol. The maximum Gasteiger partial charge on any atom is 0.332 e. The first-order valence-corrected chi connectivity index (χ1v) is 10.8. The lowest BCUT2D eigenvalue weighted by Crippen LogP contribution is -2.39. The van der Waals surface area contributed by atoms with Gasteiger partial charge in [-0.05, 0) is 43.0 Å². The predicted molar refractivity (Wildman–Crippen MR) is 123 cm³/mol. The van der Waals surface area contributed by atoms with Crippen molar-refractivity contribution in [2.45, 2.75) is 45.4 Å². The van der Waals surface area contributed by atoms with Crippen LogP contribution in [-0.4, -0.2) is 24.1 Å². The summed E-state index contributed by atoms with van der Waals surface area (Å²) in [4.78, 5) is 37.8. The van der Waals surface area contributed by atoms with Crippen molar-refractivity contribution in [3.8, 4) is 11.4 Å². The maximum atomic E-state index is 12.9. The van der Waals surface area contributed by atoms with Gasteiger partial charge in [0.1, 0.15) is 17.2 Å². The Morgan fingerprint density at radius 1 is 1.12 bits per heavy atom. The van der Waals surface area contributed by atoms with Crippen molar-refractivity contribution in [1.29, 1.82) is 0 Å². The van der Waals surface area contributed by atoms with Gasteiger partial charge in [0.25, 0.3) is 5.56 Å². The summed E-state index contributed by atoms with van der Waals surface area (Å²) in [7, 11) is 0. The smallest absolute Gasteiger partial charge is 0.332 e. The van der Waals surface area contributed by atoms with Gasteiger partial charge < -0.3 is 16.0 Å². The van der Waals surface area contributed by atoms with E-state index in [-0.39, 0.29) is 17.3 Å². The number of nitrogens with zero attached hydrogens (tertiary/aromatic N) is 4. The van der Waals surface area contributed by atoms with Gasteiger partial charge in [-0.3, -0.25) is 13.9 Å². The lowest BCUT2D eigenvalue weighted by atomic mass is 10.1. The second kappa shape index (κ2) is 8.08. The third kappa shape index (κ3) is 3.60. The molecule has 0 aliphatic heterocycles. The van der Waals surface area contributed by atoms with E-state index in [1.54, 1.807) is 10.8 Å². The van der Waals surface area contributed by atoms with E-state index >= 15 is 0 Å². The Kier molecular flexibility index (Phi) is 5.10. The van der Waals surface area contributed by atoms with Crippen molar-refractivity contribution in [2.75, 3.05) is 5.32 Å². The first-order valence-electron chi connectivity index (χ1n) is 10.8. The third-order valence-electron chi connectivity index (χ3n) is 5.81. The highest BCUT2D eigenvalue weighted by Crippen LogP contribution is 2.32. The molecule has 0 unspecified atom stereocenters. The molecule has 5 rings (SSSR count). The molecule has 4 aromatic rings. The molecule has 0 saturated heterocycles.